The number of hydrogen-bond donors (Lipinski definition) is 1. The highest BCUT2D eigenvalue weighted by molar-refractivity contribution is 6.29. The van der Waals surface area contributed by atoms with E-state index in [-0.39, 0.29) is 17.8 Å². The summed E-state index contributed by atoms with van der Waals surface area (Å²) < 4.78 is 50.1. The zero-order chi connectivity index (χ0) is 14.1. The van der Waals surface area contributed by atoms with E-state index in [1.54, 1.807) is 0 Å². The Morgan fingerprint density at radius 1 is 1.33 bits per heavy atom. The molecule has 1 atom stereocenters. The van der Waals surface area contributed by atoms with Crippen molar-refractivity contribution < 1.29 is 22.4 Å². The minimum atomic E-state index is -5.29. The van der Waals surface area contributed by atoms with Gasteiger partial charge in [0.2, 0.25) is 0 Å². The minimum Gasteiger partial charge on any atom is -0.323 e. The van der Waals surface area contributed by atoms with Gasteiger partial charge in [-0.05, 0) is 26.0 Å². The first-order chi connectivity index (χ1) is 8.04. The zero-order valence-electron chi connectivity index (χ0n) is 9.40. The number of alkyl halides is 4. The summed E-state index contributed by atoms with van der Waals surface area (Å²) in [6.07, 6.45) is -5.29. The maximum Gasteiger partial charge on any atom is 0.431 e. The van der Waals surface area contributed by atoms with Crippen LogP contribution >= 0.6 is 11.6 Å². The summed E-state index contributed by atoms with van der Waals surface area (Å²) in [4.78, 5) is 15.0. The fourth-order valence-corrected chi connectivity index (χ4v) is 1.33. The van der Waals surface area contributed by atoms with Gasteiger partial charge in [-0.15, -0.1) is 0 Å². The fraction of sp³-hybridized carbons (Fsp3) is 0.400. The third-order valence-corrected chi connectivity index (χ3v) is 2.33. The Bertz CT molecular complexity index is 453. The summed E-state index contributed by atoms with van der Waals surface area (Å²) in [6.45, 7) is 1.68. The van der Waals surface area contributed by atoms with E-state index in [4.69, 9.17) is 11.6 Å². The molecule has 18 heavy (non-hydrogen) atoms. The van der Waals surface area contributed by atoms with Gasteiger partial charge in [0, 0.05) is 11.4 Å². The lowest BCUT2D eigenvalue weighted by Gasteiger charge is -2.22. The predicted molar refractivity (Wildman–Crippen MR) is 58.2 cm³/mol. The molecule has 0 fully saturated rings. The lowest BCUT2D eigenvalue weighted by molar-refractivity contribution is -0.218. The Kier molecular flexibility index (Phi) is 3.85. The van der Waals surface area contributed by atoms with Crippen molar-refractivity contribution in [3.63, 3.8) is 0 Å². The van der Waals surface area contributed by atoms with Crippen molar-refractivity contribution in [2.75, 3.05) is 5.32 Å². The van der Waals surface area contributed by atoms with Crippen LogP contribution in [0.3, 0.4) is 0 Å². The summed E-state index contributed by atoms with van der Waals surface area (Å²) in [5.41, 5.74) is -3.65. The molecule has 0 radical (unpaired) electrons. The van der Waals surface area contributed by atoms with Crippen molar-refractivity contribution in [1.82, 2.24) is 4.98 Å². The molecule has 0 bridgehead atoms. The van der Waals surface area contributed by atoms with Gasteiger partial charge in [-0.1, -0.05) is 11.6 Å². The lowest BCUT2D eigenvalue weighted by Crippen LogP contribution is -2.48. The highest BCUT2D eigenvalue weighted by Crippen LogP contribution is 2.34. The molecule has 0 saturated carbocycles. The van der Waals surface area contributed by atoms with Gasteiger partial charge in [0.1, 0.15) is 5.15 Å². The molecule has 0 spiro atoms. The van der Waals surface area contributed by atoms with Crippen LogP contribution in [0.4, 0.5) is 23.2 Å². The van der Waals surface area contributed by atoms with Crippen LogP contribution in [0.1, 0.15) is 12.6 Å². The number of pyridine rings is 1. The lowest BCUT2D eigenvalue weighted by atomic mass is 10.1. The van der Waals surface area contributed by atoms with E-state index in [2.05, 4.69) is 4.98 Å². The number of aryl methyl sites for hydroxylation is 1. The third kappa shape index (κ3) is 3.10. The van der Waals surface area contributed by atoms with Crippen molar-refractivity contribution in [1.29, 1.82) is 0 Å². The fourth-order valence-electron chi connectivity index (χ4n) is 1.08. The van der Waals surface area contributed by atoms with Gasteiger partial charge >= 0.3 is 6.18 Å². The molecule has 0 aliphatic rings. The molecule has 1 amide bonds. The van der Waals surface area contributed by atoms with Crippen LogP contribution < -0.4 is 5.32 Å². The molecule has 1 rings (SSSR count). The van der Waals surface area contributed by atoms with E-state index in [0.717, 1.165) is 6.07 Å². The van der Waals surface area contributed by atoms with E-state index in [0.29, 0.717) is 5.69 Å². The van der Waals surface area contributed by atoms with Gasteiger partial charge in [0.25, 0.3) is 11.6 Å². The second-order valence-corrected chi connectivity index (χ2v) is 4.16. The van der Waals surface area contributed by atoms with Crippen molar-refractivity contribution >= 4 is 23.2 Å². The number of nitrogens with one attached hydrogen (secondary N) is 1. The van der Waals surface area contributed by atoms with E-state index >= 15 is 0 Å². The first kappa shape index (κ1) is 14.7. The van der Waals surface area contributed by atoms with Gasteiger partial charge in [0.15, 0.2) is 0 Å². The quantitative estimate of drug-likeness (QED) is 0.669. The highest BCUT2D eigenvalue weighted by Gasteiger charge is 2.58. The van der Waals surface area contributed by atoms with E-state index < -0.39 is 17.8 Å². The molecule has 1 unspecified atom stereocenters. The maximum atomic E-state index is 13.3. The molecule has 100 valence electrons. The average Bonchev–Trinajstić information content (AvgIpc) is 2.13. The second-order valence-electron chi connectivity index (χ2n) is 3.77. The molecule has 0 aliphatic carbocycles. The Labute approximate surface area is 105 Å². The molecular weight excluding hydrogens is 276 g/mol. The maximum absolute atomic E-state index is 13.3. The summed E-state index contributed by atoms with van der Waals surface area (Å²) in [5.74, 6) is -1.81. The molecule has 1 N–H and O–H groups in total. The van der Waals surface area contributed by atoms with Crippen LogP contribution in [0.15, 0.2) is 12.1 Å². The topological polar surface area (TPSA) is 42.0 Å². The molecular formula is C10H9ClF4N2O. The smallest absolute Gasteiger partial charge is 0.323 e. The number of carbonyl (C=O) groups is 1. The van der Waals surface area contributed by atoms with E-state index in [9.17, 15) is 22.4 Å². The summed E-state index contributed by atoms with van der Waals surface area (Å²) in [7, 11) is 0. The molecule has 0 aromatic carbocycles. The molecule has 1 aromatic heterocycles. The predicted octanol–water partition coefficient (Wildman–Crippen LogP) is 3.27. The molecule has 3 nitrogen and oxygen atoms in total. The largest absolute Gasteiger partial charge is 0.431 e. The van der Waals surface area contributed by atoms with Crippen molar-refractivity contribution in [3.8, 4) is 0 Å². The molecule has 1 aromatic rings. The second kappa shape index (κ2) is 4.72. The SMILES string of the molecule is Cc1cc(NC(=O)C(C)(F)C(F)(F)F)cc(Cl)n1. The van der Waals surface area contributed by atoms with Crippen LogP contribution in [-0.2, 0) is 4.79 Å². The number of aromatic nitrogens is 1. The third-order valence-electron chi connectivity index (χ3n) is 2.14. The molecule has 8 heteroatoms. The average molecular weight is 285 g/mol. The minimum absolute atomic E-state index is 0.0159. The normalized spacial score (nSPS) is 15.1. The number of hydrogen-bond acceptors (Lipinski definition) is 2. The number of amides is 1. The van der Waals surface area contributed by atoms with Gasteiger partial charge in [0.05, 0.1) is 0 Å². The van der Waals surface area contributed by atoms with Gasteiger partial charge in [-0.2, -0.15) is 13.2 Å². The number of carbonyl (C=O) groups excluding carboxylic acids is 1. The number of nitrogens with zero attached hydrogens (tertiary/aromatic N) is 1. The van der Waals surface area contributed by atoms with Crippen molar-refractivity contribution in [2.45, 2.75) is 25.7 Å². The van der Waals surface area contributed by atoms with Crippen molar-refractivity contribution in [2.24, 2.45) is 0 Å². The van der Waals surface area contributed by atoms with E-state index in [1.165, 1.54) is 13.0 Å². The van der Waals surface area contributed by atoms with Crippen LogP contribution in [0.2, 0.25) is 5.15 Å². The Morgan fingerprint density at radius 3 is 2.33 bits per heavy atom. The van der Waals surface area contributed by atoms with Crippen molar-refractivity contribution in [3.05, 3.63) is 23.0 Å². The molecule has 0 aliphatic heterocycles. The van der Waals surface area contributed by atoms with Gasteiger partial charge in [-0.3, -0.25) is 4.79 Å². The molecule has 0 saturated heterocycles. The summed E-state index contributed by atoms with van der Waals surface area (Å²) in [6, 6.07) is 2.40. The Hall–Kier alpha value is -1.37. The first-order valence-electron chi connectivity index (χ1n) is 4.75. The van der Waals surface area contributed by atoms with Gasteiger partial charge < -0.3 is 5.32 Å². The van der Waals surface area contributed by atoms with Crippen LogP contribution in [0.25, 0.3) is 0 Å². The number of anilines is 1. The van der Waals surface area contributed by atoms with Crippen LogP contribution in [0.5, 0.6) is 0 Å². The Morgan fingerprint density at radius 2 is 1.89 bits per heavy atom. The Balaban J connectivity index is 2.95. The zero-order valence-corrected chi connectivity index (χ0v) is 10.2. The molecule has 1 heterocycles. The summed E-state index contributed by atoms with van der Waals surface area (Å²) in [5, 5.41) is 1.80. The van der Waals surface area contributed by atoms with E-state index in [1.807, 2.05) is 5.32 Å². The number of rotatable bonds is 2. The number of halogens is 5. The standard InChI is InChI=1S/C10H9ClF4N2O/c1-5-3-6(4-7(11)16-5)17-8(18)9(2,12)10(13,14)15/h3-4H,1-2H3,(H,16,17,18). The summed E-state index contributed by atoms with van der Waals surface area (Å²) >= 11 is 5.56. The van der Waals surface area contributed by atoms with Crippen LogP contribution in [0, 0.1) is 6.92 Å². The first-order valence-corrected chi connectivity index (χ1v) is 5.13. The van der Waals surface area contributed by atoms with Gasteiger partial charge in [-0.25, -0.2) is 9.37 Å². The highest BCUT2D eigenvalue weighted by atomic mass is 35.5. The monoisotopic (exact) mass is 284 g/mol. The van der Waals surface area contributed by atoms with Crippen LogP contribution in [-0.4, -0.2) is 22.7 Å².